The van der Waals surface area contributed by atoms with E-state index < -0.39 is 11.2 Å². The molecular weight excluding hydrogens is 408 g/mol. The van der Waals surface area contributed by atoms with Gasteiger partial charge in [-0.3, -0.25) is 18.7 Å². The van der Waals surface area contributed by atoms with Gasteiger partial charge in [0.05, 0.1) is 38.2 Å². The summed E-state index contributed by atoms with van der Waals surface area (Å²) in [7, 11) is 2.94. The van der Waals surface area contributed by atoms with Gasteiger partial charge in [-0.05, 0) is 11.6 Å². The van der Waals surface area contributed by atoms with Gasteiger partial charge in [-0.2, -0.15) is 0 Å². The van der Waals surface area contributed by atoms with Crippen LogP contribution in [0.25, 0.3) is 10.9 Å². The van der Waals surface area contributed by atoms with Gasteiger partial charge >= 0.3 is 5.69 Å². The van der Waals surface area contributed by atoms with Gasteiger partial charge in [0.25, 0.3) is 5.56 Å². The number of fused-ring (bicyclic) bond motifs is 1. The Bertz CT molecular complexity index is 1390. The molecule has 7 heteroatoms. The number of Topliss-reactive ketones (excluding diaryl/α,β-unsaturated/α-hetero) is 1. The Morgan fingerprint density at radius 2 is 1.41 bits per heavy atom. The molecule has 0 bridgehead atoms. The largest absolute Gasteiger partial charge is 0.493 e. The van der Waals surface area contributed by atoms with E-state index in [-0.39, 0.29) is 24.3 Å². The maximum atomic E-state index is 13.4. The number of carbonyl (C=O) groups is 1. The molecule has 1 heterocycles. The maximum absolute atomic E-state index is 13.4. The van der Waals surface area contributed by atoms with E-state index in [1.807, 2.05) is 36.4 Å². The molecule has 0 N–H and O–H groups in total. The molecule has 0 aliphatic heterocycles. The van der Waals surface area contributed by atoms with Crippen LogP contribution in [0.4, 0.5) is 0 Å². The van der Waals surface area contributed by atoms with Gasteiger partial charge in [-0.25, -0.2) is 4.79 Å². The Labute approximate surface area is 184 Å². The number of benzene rings is 3. The van der Waals surface area contributed by atoms with Crippen LogP contribution in [0.5, 0.6) is 11.5 Å². The van der Waals surface area contributed by atoms with Crippen LogP contribution in [0, 0.1) is 0 Å². The van der Waals surface area contributed by atoms with Gasteiger partial charge in [0.15, 0.2) is 17.3 Å². The molecule has 0 unspecified atom stereocenters. The Kier molecular flexibility index (Phi) is 5.89. The van der Waals surface area contributed by atoms with E-state index in [0.29, 0.717) is 22.6 Å². The summed E-state index contributed by atoms with van der Waals surface area (Å²) in [5.74, 6) is 0.483. The van der Waals surface area contributed by atoms with Gasteiger partial charge in [0, 0.05) is 11.6 Å². The highest BCUT2D eigenvalue weighted by atomic mass is 16.5. The predicted octanol–water partition coefficient (Wildman–Crippen LogP) is 3.11. The minimum absolute atomic E-state index is 0.0856. The smallest absolute Gasteiger partial charge is 0.332 e. The summed E-state index contributed by atoms with van der Waals surface area (Å²) < 4.78 is 13.2. The SMILES string of the molecule is COc1cc2c(=O)n(Cc3ccccc3)c(=O)n(CC(=O)c3ccccc3)c2cc1OC. The summed E-state index contributed by atoms with van der Waals surface area (Å²) in [4.78, 5) is 39.7. The normalized spacial score (nSPS) is 10.8. The van der Waals surface area contributed by atoms with Crippen LogP contribution in [0.2, 0.25) is 0 Å². The second kappa shape index (κ2) is 8.93. The molecule has 0 aliphatic carbocycles. The first kappa shape index (κ1) is 21.1. The fourth-order valence-electron chi connectivity index (χ4n) is 3.66. The first-order valence-corrected chi connectivity index (χ1v) is 10.0. The van der Waals surface area contributed by atoms with E-state index >= 15 is 0 Å². The third-order valence-corrected chi connectivity index (χ3v) is 5.31. The van der Waals surface area contributed by atoms with E-state index in [4.69, 9.17) is 9.47 Å². The molecule has 32 heavy (non-hydrogen) atoms. The Morgan fingerprint density at radius 3 is 2.03 bits per heavy atom. The van der Waals surface area contributed by atoms with E-state index in [2.05, 4.69) is 0 Å². The zero-order chi connectivity index (χ0) is 22.7. The van der Waals surface area contributed by atoms with Crippen LogP contribution in [-0.4, -0.2) is 29.1 Å². The lowest BCUT2D eigenvalue weighted by atomic mass is 10.1. The lowest BCUT2D eigenvalue weighted by Crippen LogP contribution is -2.41. The lowest BCUT2D eigenvalue weighted by molar-refractivity contribution is 0.0971. The zero-order valence-corrected chi connectivity index (χ0v) is 17.8. The molecule has 0 radical (unpaired) electrons. The van der Waals surface area contributed by atoms with E-state index in [1.54, 1.807) is 36.4 Å². The van der Waals surface area contributed by atoms with Gasteiger partial charge in [-0.15, -0.1) is 0 Å². The monoisotopic (exact) mass is 430 g/mol. The minimum Gasteiger partial charge on any atom is -0.493 e. The van der Waals surface area contributed by atoms with Crippen LogP contribution >= 0.6 is 0 Å². The number of methoxy groups -OCH3 is 2. The van der Waals surface area contributed by atoms with Crippen molar-refractivity contribution in [2.75, 3.05) is 14.2 Å². The van der Waals surface area contributed by atoms with Crippen molar-refractivity contribution in [1.82, 2.24) is 9.13 Å². The number of ether oxygens (including phenoxy) is 2. The quantitative estimate of drug-likeness (QED) is 0.421. The fraction of sp³-hybridized carbons (Fsp3) is 0.160. The number of hydrogen-bond acceptors (Lipinski definition) is 5. The molecule has 0 aliphatic rings. The summed E-state index contributed by atoms with van der Waals surface area (Å²) >= 11 is 0. The molecular formula is C25H22N2O5. The third kappa shape index (κ3) is 3.92. The average molecular weight is 430 g/mol. The molecule has 7 nitrogen and oxygen atoms in total. The molecule has 3 aromatic carbocycles. The number of carbonyl (C=O) groups excluding carboxylic acids is 1. The topological polar surface area (TPSA) is 79.5 Å². The highest BCUT2D eigenvalue weighted by Crippen LogP contribution is 2.30. The Morgan fingerprint density at radius 1 is 0.812 bits per heavy atom. The van der Waals surface area contributed by atoms with Gasteiger partial charge in [0.2, 0.25) is 0 Å². The fourth-order valence-corrected chi connectivity index (χ4v) is 3.66. The first-order chi connectivity index (χ1) is 15.5. The van der Waals surface area contributed by atoms with Gasteiger partial charge < -0.3 is 9.47 Å². The second-order valence-electron chi connectivity index (χ2n) is 7.26. The molecule has 0 saturated carbocycles. The summed E-state index contributed by atoms with van der Waals surface area (Å²) in [6.07, 6.45) is 0. The van der Waals surface area contributed by atoms with Crippen LogP contribution in [-0.2, 0) is 13.1 Å². The standard InChI is InChI=1S/C25H22N2O5/c1-31-22-13-19-20(14-23(22)32-2)26(16-21(28)18-11-7-4-8-12-18)25(30)27(24(19)29)15-17-9-5-3-6-10-17/h3-14H,15-16H2,1-2H3. The molecule has 1 aromatic heterocycles. The average Bonchev–Trinajstić information content (AvgIpc) is 2.84. The van der Waals surface area contributed by atoms with E-state index in [0.717, 1.165) is 10.1 Å². The molecule has 0 amide bonds. The Balaban J connectivity index is 1.95. The molecule has 162 valence electrons. The van der Waals surface area contributed by atoms with E-state index in [1.165, 1.54) is 18.8 Å². The number of nitrogens with zero attached hydrogens (tertiary/aromatic N) is 2. The van der Waals surface area contributed by atoms with E-state index in [9.17, 15) is 14.4 Å². The summed E-state index contributed by atoms with van der Waals surface area (Å²) in [6.45, 7) is -0.133. The number of hydrogen-bond donors (Lipinski definition) is 0. The molecule has 0 fully saturated rings. The van der Waals surface area contributed by atoms with Gasteiger partial charge in [-0.1, -0.05) is 60.7 Å². The highest BCUT2D eigenvalue weighted by Gasteiger charge is 2.19. The molecule has 0 atom stereocenters. The van der Waals surface area contributed by atoms with Crippen LogP contribution in [0.3, 0.4) is 0 Å². The first-order valence-electron chi connectivity index (χ1n) is 10.0. The van der Waals surface area contributed by atoms with Crippen molar-refractivity contribution in [2.24, 2.45) is 0 Å². The van der Waals surface area contributed by atoms with Crippen molar-refractivity contribution in [3.63, 3.8) is 0 Å². The van der Waals surface area contributed by atoms with Crippen LogP contribution < -0.4 is 20.7 Å². The van der Waals surface area contributed by atoms with Crippen LogP contribution in [0.1, 0.15) is 15.9 Å². The number of aromatic nitrogens is 2. The summed E-state index contributed by atoms with van der Waals surface area (Å²) in [5, 5.41) is 0.263. The number of ketones is 1. The van der Waals surface area contributed by atoms with Crippen molar-refractivity contribution in [2.45, 2.75) is 13.1 Å². The number of rotatable bonds is 7. The third-order valence-electron chi connectivity index (χ3n) is 5.31. The molecule has 4 rings (SSSR count). The summed E-state index contributed by atoms with van der Waals surface area (Å²) in [5.41, 5.74) is 0.564. The van der Waals surface area contributed by atoms with Gasteiger partial charge in [0.1, 0.15) is 0 Å². The highest BCUT2D eigenvalue weighted by molar-refractivity contribution is 5.96. The van der Waals surface area contributed by atoms with Crippen molar-refractivity contribution in [3.8, 4) is 11.5 Å². The minimum atomic E-state index is -0.567. The molecule has 0 saturated heterocycles. The van der Waals surface area contributed by atoms with Crippen molar-refractivity contribution >= 4 is 16.7 Å². The zero-order valence-electron chi connectivity index (χ0n) is 17.8. The van der Waals surface area contributed by atoms with Crippen molar-refractivity contribution in [3.05, 3.63) is 105 Å². The Hall–Kier alpha value is -4.13. The van der Waals surface area contributed by atoms with Crippen LogP contribution in [0.15, 0.2) is 82.4 Å². The summed E-state index contributed by atoms with van der Waals surface area (Å²) in [6, 6.07) is 21.0. The molecule has 4 aromatic rings. The second-order valence-corrected chi connectivity index (χ2v) is 7.26. The van der Waals surface area contributed by atoms with Crippen molar-refractivity contribution in [1.29, 1.82) is 0 Å². The maximum Gasteiger partial charge on any atom is 0.332 e. The van der Waals surface area contributed by atoms with Crippen molar-refractivity contribution < 1.29 is 14.3 Å². The lowest BCUT2D eigenvalue weighted by Gasteiger charge is -2.16. The predicted molar refractivity (Wildman–Crippen MR) is 122 cm³/mol. The molecule has 0 spiro atoms.